The van der Waals surface area contributed by atoms with Gasteiger partial charge in [-0.3, -0.25) is 4.79 Å². The molecule has 1 rings (SSSR count). The molecule has 8 nitrogen and oxygen atoms in total. The predicted octanol–water partition coefficient (Wildman–Crippen LogP) is 2.22. The molecular formula is C17H20O8. The number of hydrogen-bond acceptors (Lipinski definition) is 6. The van der Waals surface area contributed by atoms with Crippen LogP contribution in [0.4, 0.5) is 0 Å². The highest BCUT2D eigenvalue weighted by molar-refractivity contribution is 6.04. The third kappa shape index (κ3) is 5.30. The van der Waals surface area contributed by atoms with Crippen LogP contribution in [-0.2, 0) is 14.3 Å². The Morgan fingerprint density at radius 2 is 1.56 bits per heavy atom. The first-order valence-corrected chi connectivity index (χ1v) is 7.55. The molecule has 1 aromatic rings. The van der Waals surface area contributed by atoms with Crippen LogP contribution in [0.15, 0.2) is 18.2 Å². The summed E-state index contributed by atoms with van der Waals surface area (Å²) < 4.78 is 9.87. The van der Waals surface area contributed by atoms with Crippen LogP contribution in [0.5, 0.6) is 0 Å². The highest BCUT2D eigenvalue weighted by Gasteiger charge is 2.27. The molecule has 0 saturated heterocycles. The molecule has 0 unspecified atom stereocenters. The van der Waals surface area contributed by atoms with Crippen molar-refractivity contribution < 1.29 is 38.9 Å². The molecule has 0 heterocycles. The quantitative estimate of drug-likeness (QED) is 0.538. The topological polar surface area (TPSA) is 127 Å². The Kier molecular flexibility index (Phi) is 6.67. The van der Waals surface area contributed by atoms with Gasteiger partial charge in [-0.2, -0.15) is 0 Å². The Labute approximate surface area is 144 Å². The Morgan fingerprint density at radius 1 is 0.960 bits per heavy atom. The summed E-state index contributed by atoms with van der Waals surface area (Å²) in [4.78, 5) is 45.9. The molecule has 0 aliphatic heterocycles. The van der Waals surface area contributed by atoms with Gasteiger partial charge in [0.05, 0.1) is 22.1 Å². The van der Waals surface area contributed by atoms with Crippen molar-refractivity contribution in [1.29, 1.82) is 0 Å². The molecule has 0 atom stereocenters. The Hall–Kier alpha value is -2.90. The number of hydrogen-bond donors (Lipinski definition) is 2. The third-order valence-electron chi connectivity index (χ3n) is 3.70. The van der Waals surface area contributed by atoms with Gasteiger partial charge in [-0.15, -0.1) is 0 Å². The Morgan fingerprint density at radius 3 is 2.08 bits per heavy atom. The average molecular weight is 352 g/mol. The van der Waals surface area contributed by atoms with E-state index in [1.54, 1.807) is 13.8 Å². The molecule has 0 aliphatic rings. The maximum Gasteiger partial charge on any atom is 0.339 e. The molecule has 8 heteroatoms. The first kappa shape index (κ1) is 20.1. The molecule has 0 radical (unpaired) electrons. The second-order valence-corrected chi connectivity index (χ2v) is 5.88. The first-order valence-electron chi connectivity index (χ1n) is 7.55. The van der Waals surface area contributed by atoms with Crippen LogP contribution >= 0.6 is 0 Å². The number of carboxylic acid groups (broad SMARTS) is 2. The second-order valence-electron chi connectivity index (χ2n) is 5.88. The molecule has 0 aromatic heterocycles. The van der Waals surface area contributed by atoms with Crippen molar-refractivity contribution >= 4 is 23.9 Å². The fourth-order valence-electron chi connectivity index (χ4n) is 1.72. The van der Waals surface area contributed by atoms with Crippen molar-refractivity contribution in [3.05, 3.63) is 34.9 Å². The van der Waals surface area contributed by atoms with Gasteiger partial charge in [0, 0.05) is 0 Å². The highest BCUT2D eigenvalue weighted by atomic mass is 16.6. The lowest BCUT2D eigenvalue weighted by molar-refractivity contribution is -0.155. The van der Waals surface area contributed by atoms with Crippen LogP contribution < -0.4 is 0 Å². The molecule has 2 N–H and O–H groups in total. The minimum Gasteiger partial charge on any atom is -0.478 e. The van der Waals surface area contributed by atoms with Gasteiger partial charge in [-0.25, -0.2) is 14.4 Å². The van der Waals surface area contributed by atoms with Crippen LogP contribution in [0.1, 0.15) is 58.3 Å². The summed E-state index contributed by atoms with van der Waals surface area (Å²) in [5, 5.41) is 18.0. The normalized spacial score (nSPS) is 10.8. The zero-order valence-corrected chi connectivity index (χ0v) is 14.2. The van der Waals surface area contributed by atoms with Crippen molar-refractivity contribution in [3.8, 4) is 0 Å². The van der Waals surface area contributed by atoms with Crippen molar-refractivity contribution in [2.75, 3.05) is 13.2 Å². The lowest BCUT2D eigenvalue weighted by atomic mass is 9.91. The van der Waals surface area contributed by atoms with Crippen LogP contribution in [0, 0.1) is 5.41 Å². The molecule has 136 valence electrons. The van der Waals surface area contributed by atoms with Crippen molar-refractivity contribution in [2.24, 2.45) is 5.41 Å². The molecule has 0 bridgehead atoms. The zero-order valence-electron chi connectivity index (χ0n) is 14.2. The lowest BCUT2D eigenvalue weighted by Crippen LogP contribution is -2.27. The maximum atomic E-state index is 12.0. The zero-order chi connectivity index (χ0) is 19.2. The predicted molar refractivity (Wildman–Crippen MR) is 85.7 cm³/mol. The minimum atomic E-state index is -1.39. The molecule has 25 heavy (non-hydrogen) atoms. The molecule has 0 aliphatic carbocycles. The fourth-order valence-corrected chi connectivity index (χ4v) is 1.72. The largest absolute Gasteiger partial charge is 0.478 e. The average Bonchev–Trinajstić information content (AvgIpc) is 2.57. The number of esters is 2. The maximum absolute atomic E-state index is 12.0. The van der Waals surface area contributed by atoms with E-state index in [0.717, 1.165) is 18.2 Å². The van der Waals surface area contributed by atoms with E-state index in [2.05, 4.69) is 0 Å². The smallest absolute Gasteiger partial charge is 0.339 e. The number of carbonyl (C=O) groups is 4. The van der Waals surface area contributed by atoms with Crippen LogP contribution in [0.25, 0.3) is 0 Å². The van der Waals surface area contributed by atoms with Gasteiger partial charge in [-0.05, 0) is 38.5 Å². The van der Waals surface area contributed by atoms with Gasteiger partial charge >= 0.3 is 23.9 Å². The van der Waals surface area contributed by atoms with Gasteiger partial charge in [0.2, 0.25) is 0 Å². The van der Waals surface area contributed by atoms with Crippen LogP contribution in [0.2, 0.25) is 0 Å². The molecule has 0 fully saturated rings. The molecule has 0 amide bonds. The van der Waals surface area contributed by atoms with Gasteiger partial charge in [0.15, 0.2) is 0 Å². The molecular weight excluding hydrogens is 332 g/mol. The number of carboxylic acids is 2. The number of ether oxygens (including phenoxy) is 2. The van der Waals surface area contributed by atoms with E-state index in [1.807, 2.05) is 6.92 Å². The van der Waals surface area contributed by atoms with Gasteiger partial charge in [-0.1, -0.05) is 6.92 Å². The number of benzene rings is 1. The highest BCUT2D eigenvalue weighted by Crippen LogP contribution is 2.21. The summed E-state index contributed by atoms with van der Waals surface area (Å²) in [6, 6.07) is 3.03. The fraction of sp³-hybridized carbons (Fsp3) is 0.412. The summed E-state index contributed by atoms with van der Waals surface area (Å²) in [7, 11) is 0. The summed E-state index contributed by atoms with van der Waals surface area (Å²) in [6.07, 6.45) is 0.579. The molecule has 0 saturated carbocycles. The summed E-state index contributed by atoms with van der Waals surface area (Å²) in [6.45, 7) is 4.82. The lowest BCUT2D eigenvalue weighted by Gasteiger charge is -2.20. The molecule has 0 spiro atoms. The number of rotatable bonds is 8. The second kappa shape index (κ2) is 8.27. The summed E-state index contributed by atoms with van der Waals surface area (Å²) in [5.74, 6) is -4.14. The van der Waals surface area contributed by atoms with Gasteiger partial charge < -0.3 is 19.7 Å². The van der Waals surface area contributed by atoms with E-state index >= 15 is 0 Å². The summed E-state index contributed by atoms with van der Waals surface area (Å²) >= 11 is 0. The van der Waals surface area contributed by atoms with E-state index in [1.165, 1.54) is 0 Å². The van der Waals surface area contributed by atoms with E-state index in [0.29, 0.717) is 6.42 Å². The minimum absolute atomic E-state index is 0.185. The number of aromatic carboxylic acids is 2. The monoisotopic (exact) mass is 352 g/mol. The first-order chi connectivity index (χ1) is 11.6. The van der Waals surface area contributed by atoms with E-state index in [9.17, 15) is 19.2 Å². The SMILES string of the molecule is CCC(C)(C)C(=O)OCCOC(=O)c1cc(C(=O)O)ccc1C(=O)O. The van der Waals surface area contributed by atoms with E-state index in [-0.39, 0.29) is 29.9 Å². The van der Waals surface area contributed by atoms with E-state index < -0.39 is 29.3 Å². The summed E-state index contributed by atoms with van der Waals surface area (Å²) in [5.41, 5.74) is -1.66. The van der Waals surface area contributed by atoms with Crippen molar-refractivity contribution in [2.45, 2.75) is 27.2 Å². The van der Waals surface area contributed by atoms with Crippen LogP contribution in [0.3, 0.4) is 0 Å². The van der Waals surface area contributed by atoms with Gasteiger partial charge in [0.25, 0.3) is 0 Å². The number of carbonyl (C=O) groups excluding carboxylic acids is 2. The van der Waals surface area contributed by atoms with Crippen molar-refractivity contribution in [1.82, 2.24) is 0 Å². The van der Waals surface area contributed by atoms with Crippen molar-refractivity contribution in [3.63, 3.8) is 0 Å². The third-order valence-corrected chi connectivity index (χ3v) is 3.70. The molecule has 1 aromatic carbocycles. The Balaban J connectivity index is 2.74. The van der Waals surface area contributed by atoms with Gasteiger partial charge in [0.1, 0.15) is 13.2 Å². The van der Waals surface area contributed by atoms with Crippen LogP contribution in [-0.4, -0.2) is 47.3 Å². The Bertz CT molecular complexity index is 690. The van der Waals surface area contributed by atoms with E-state index in [4.69, 9.17) is 19.7 Å². The standard InChI is InChI=1S/C17H20O8/c1-4-17(2,3)16(23)25-8-7-24-15(22)12-9-10(13(18)19)5-6-11(12)14(20)21/h5-6,9H,4,7-8H2,1-3H3,(H,18,19)(H,20,21).